The molecule has 0 saturated carbocycles. The van der Waals surface area contributed by atoms with Crippen LogP contribution in [-0.2, 0) is 9.59 Å². The molecule has 5 heteroatoms. The standard InChI is InChI=1S/C15H19ClN2O2/c1-15(2,3)18-9-10(7-13(18)19)14(20)17-12-6-4-5-11(16)8-12/h4-6,8,10H,7,9H2,1-3H3,(H,17,20). The van der Waals surface area contributed by atoms with Gasteiger partial charge in [0.25, 0.3) is 0 Å². The van der Waals surface area contributed by atoms with Crippen molar-refractivity contribution in [3.05, 3.63) is 29.3 Å². The minimum absolute atomic E-state index is 0.0312. The Morgan fingerprint density at radius 3 is 2.65 bits per heavy atom. The predicted molar refractivity (Wildman–Crippen MR) is 79.7 cm³/mol. The van der Waals surface area contributed by atoms with Crippen molar-refractivity contribution < 1.29 is 9.59 Å². The van der Waals surface area contributed by atoms with Crippen LogP contribution in [0.5, 0.6) is 0 Å². The van der Waals surface area contributed by atoms with Gasteiger partial charge in [0.15, 0.2) is 0 Å². The molecule has 1 aromatic carbocycles. The van der Waals surface area contributed by atoms with Crippen molar-refractivity contribution in [2.75, 3.05) is 11.9 Å². The summed E-state index contributed by atoms with van der Waals surface area (Å²) in [5, 5.41) is 3.39. The van der Waals surface area contributed by atoms with Crippen molar-refractivity contribution in [3.8, 4) is 0 Å². The number of amides is 2. The quantitative estimate of drug-likeness (QED) is 0.912. The number of hydrogen-bond donors (Lipinski definition) is 1. The molecule has 1 aromatic rings. The normalized spacial score (nSPS) is 19.3. The van der Waals surface area contributed by atoms with E-state index < -0.39 is 0 Å². The van der Waals surface area contributed by atoms with Gasteiger partial charge in [-0.3, -0.25) is 9.59 Å². The molecule has 1 atom stereocenters. The van der Waals surface area contributed by atoms with E-state index in [4.69, 9.17) is 11.6 Å². The molecule has 0 bridgehead atoms. The molecule has 0 spiro atoms. The zero-order valence-corrected chi connectivity index (χ0v) is 12.7. The summed E-state index contributed by atoms with van der Waals surface area (Å²) in [4.78, 5) is 25.9. The number of carbonyl (C=O) groups is 2. The van der Waals surface area contributed by atoms with Gasteiger partial charge in [-0.15, -0.1) is 0 Å². The third kappa shape index (κ3) is 3.31. The van der Waals surface area contributed by atoms with Crippen LogP contribution in [0.2, 0.25) is 5.02 Å². The molecule has 20 heavy (non-hydrogen) atoms. The van der Waals surface area contributed by atoms with Crippen molar-refractivity contribution in [1.29, 1.82) is 0 Å². The van der Waals surface area contributed by atoms with E-state index in [0.717, 1.165) is 0 Å². The first kappa shape index (κ1) is 14.9. The third-order valence-electron chi connectivity index (χ3n) is 3.40. The van der Waals surface area contributed by atoms with Gasteiger partial charge in [0.1, 0.15) is 0 Å². The van der Waals surface area contributed by atoms with Crippen molar-refractivity contribution in [2.45, 2.75) is 32.7 Å². The summed E-state index contributed by atoms with van der Waals surface area (Å²) in [6.07, 6.45) is 0.268. The Balaban J connectivity index is 2.03. The maximum absolute atomic E-state index is 12.2. The van der Waals surface area contributed by atoms with E-state index in [0.29, 0.717) is 17.3 Å². The fourth-order valence-corrected chi connectivity index (χ4v) is 2.53. The van der Waals surface area contributed by atoms with E-state index in [2.05, 4.69) is 5.32 Å². The first-order valence-electron chi connectivity index (χ1n) is 6.64. The molecule has 108 valence electrons. The molecule has 1 unspecified atom stereocenters. The molecular formula is C15H19ClN2O2. The molecule has 1 N–H and O–H groups in total. The third-order valence-corrected chi connectivity index (χ3v) is 3.63. The highest BCUT2D eigenvalue weighted by atomic mass is 35.5. The maximum atomic E-state index is 12.2. The summed E-state index contributed by atoms with van der Waals surface area (Å²) in [7, 11) is 0. The number of nitrogens with zero attached hydrogens (tertiary/aromatic N) is 1. The molecule has 0 aromatic heterocycles. The molecule has 1 heterocycles. The zero-order valence-electron chi connectivity index (χ0n) is 11.9. The first-order valence-corrected chi connectivity index (χ1v) is 7.02. The van der Waals surface area contributed by atoms with E-state index in [1.165, 1.54) is 0 Å². The SMILES string of the molecule is CC(C)(C)N1CC(C(=O)Nc2cccc(Cl)c2)CC1=O. The van der Waals surface area contributed by atoms with Gasteiger partial charge in [0.05, 0.1) is 5.92 Å². The van der Waals surface area contributed by atoms with Crippen molar-refractivity contribution >= 4 is 29.1 Å². The van der Waals surface area contributed by atoms with E-state index in [9.17, 15) is 9.59 Å². The number of likely N-dealkylation sites (tertiary alicyclic amines) is 1. The van der Waals surface area contributed by atoms with Crippen LogP contribution in [-0.4, -0.2) is 28.8 Å². The van der Waals surface area contributed by atoms with Gasteiger partial charge in [-0.1, -0.05) is 17.7 Å². The number of benzene rings is 1. The molecule has 1 fully saturated rings. The van der Waals surface area contributed by atoms with Crippen LogP contribution in [0.1, 0.15) is 27.2 Å². The molecule has 2 amide bonds. The smallest absolute Gasteiger partial charge is 0.229 e. The number of nitrogens with one attached hydrogen (secondary N) is 1. The molecule has 1 aliphatic rings. The van der Waals surface area contributed by atoms with E-state index in [-0.39, 0.29) is 29.7 Å². The van der Waals surface area contributed by atoms with E-state index >= 15 is 0 Å². The van der Waals surface area contributed by atoms with Gasteiger partial charge in [-0.2, -0.15) is 0 Å². The van der Waals surface area contributed by atoms with Crippen molar-refractivity contribution in [2.24, 2.45) is 5.92 Å². The number of rotatable bonds is 2. The number of anilines is 1. The molecular weight excluding hydrogens is 276 g/mol. The van der Waals surface area contributed by atoms with Crippen LogP contribution in [0.3, 0.4) is 0 Å². The number of carbonyl (C=O) groups excluding carboxylic acids is 2. The van der Waals surface area contributed by atoms with Crippen LogP contribution in [0, 0.1) is 5.92 Å². The van der Waals surface area contributed by atoms with Gasteiger partial charge < -0.3 is 10.2 Å². The largest absolute Gasteiger partial charge is 0.337 e. The van der Waals surface area contributed by atoms with Gasteiger partial charge in [-0.05, 0) is 39.0 Å². The average molecular weight is 295 g/mol. The van der Waals surface area contributed by atoms with Crippen LogP contribution in [0.25, 0.3) is 0 Å². The fourth-order valence-electron chi connectivity index (χ4n) is 2.34. The molecule has 1 saturated heterocycles. The van der Waals surface area contributed by atoms with Gasteiger partial charge in [0, 0.05) is 29.2 Å². The van der Waals surface area contributed by atoms with Crippen LogP contribution in [0.4, 0.5) is 5.69 Å². The van der Waals surface area contributed by atoms with Gasteiger partial charge in [0.2, 0.25) is 11.8 Å². The number of hydrogen-bond acceptors (Lipinski definition) is 2. The summed E-state index contributed by atoms with van der Waals surface area (Å²) in [6.45, 7) is 6.39. The minimum Gasteiger partial charge on any atom is -0.337 e. The fraction of sp³-hybridized carbons (Fsp3) is 0.467. The number of halogens is 1. The predicted octanol–water partition coefficient (Wildman–Crippen LogP) is 2.93. The minimum atomic E-state index is -0.305. The Bertz CT molecular complexity index is 537. The van der Waals surface area contributed by atoms with E-state index in [1.807, 2.05) is 20.8 Å². The summed E-state index contributed by atoms with van der Waals surface area (Å²) in [5.74, 6) is -0.406. The van der Waals surface area contributed by atoms with Crippen LogP contribution in [0.15, 0.2) is 24.3 Å². The Hall–Kier alpha value is -1.55. The van der Waals surface area contributed by atoms with Gasteiger partial charge in [-0.25, -0.2) is 0 Å². The monoisotopic (exact) mass is 294 g/mol. The highest BCUT2D eigenvalue weighted by Crippen LogP contribution is 2.27. The van der Waals surface area contributed by atoms with Crippen LogP contribution >= 0.6 is 11.6 Å². The van der Waals surface area contributed by atoms with Crippen molar-refractivity contribution in [3.63, 3.8) is 0 Å². The average Bonchev–Trinajstić information content (AvgIpc) is 2.71. The molecule has 2 rings (SSSR count). The zero-order chi connectivity index (χ0) is 14.9. The lowest BCUT2D eigenvalue weighted by Crippen LogP contribution is -2.42. The summed E-state index contributed by atoms with van der Waals surface area (Å²) < 4.78 is 0. The second-order valence-electron chi connectivity index (χ2n) is 6.08. The lowest BCUT2D eigenvalue weighted by Gasteiger charge is -2.31. The summed E-state index contributed by atoms with van der Waals surface area (Å²) >= 11 is 5.88. The van der Waals surface area contributed by atoms with E-state index in [1.54, 1.807) is 29.2 Å². The highest BCUT2D eigenvalue weighted by Gasteiger charge is 2.39. The molecule has 1 aliphatic heterocycles. The topological polar surface area (TPSA) is 49.4 Å². The Morgan fingerprint density at radius 1 is 1.40 bits per heavy atom. The summed E-state index contributed by atoms with van der Waals surface area (Å²) in [5.41, 5.74) is 0.409. The molecule has 4 nitrogen and oxygen atoms in total. The molecule has 0 aliphatic carbocycles. The Labute approximate surface area is 124 Å². The Morgan fingerprint density at radius 2 is 2.10 bits per heavy atom. The maximum Gasteiger partial charge on any atom is 0.229 e. The lowest BCUT2D eigenvalue weighted by atomic mass is 10.1. The molecule has 0 radical (unpaired) electrons. The van der Waals surface area contributed by atoms with Crippen LogP contribution < -0.4 is 5.32 Å². The lowest BCUT2D eigenvalue weighted by molar-refractivity contribution is -0.131. The second kappa shape index (κ2) is 5.44. The first-order chi connectivity index (χ1) is 9.27. The Kier molecular flexibility index (Phi) is 4.04. The van der Waals surface area contributed by atoms with Crippen molar-refractivity contribution in [1.82, 2.24) is 4.90 Å². The second-order valence-corrected chi connectivity index (χ2v) is 6.51. The van der Waals surface area contributed by atoms with Gasteiger partial charge >= 0.3 is 0 Å². The highest BCUT2D eigenvalue weighted by molar-refractivity contribution is 6.30. The summed E-state index contributed by atoms with van der Waals surface area (Å²) in [6, 6.07) is 7.00.